The Hall–Kier alpha value is -1.47. The first-order valence-corrected chi connectivity index (χ1v) is 12.9. The van der Waals surface area contributed by atoms with E-state index >= 15 is 0 Å². The molecular formula is C26H41NO6. The fourth-order valence-electron chi connectivity index (χ4n) is 8.67. The molecule has 186 valence electrons. The maximum Gasteiger partial charge on any atom is 0.322 e. The molecule has 0 saturated heterocycles. The summed E-state index contributed by atoms with van der Waals surface area (Å²) in [6, 6.07) is 0. The highest BCUT2D eigenvalue weighted by Crippen LogP contribution is 2.67. The number of fused-ring (bicyclic) bond motifs is 5. The van der Waals surface area contributed by atoms with Gasteiger partial charge in [0.1, 0.15) is 12.3 Å². The van der Waals surface area contributed by atoms with Crippen LogP contribution in [0.25, 0.3) is 0 Å². The highest BCUT2D eigenvalue weighted by atomic mass is 16.4. The highest BCUT2D eigenvalue weighted by Gasteiger charge is 2.65. The molecule has 7 heteroatoms. The van der Waals surface area contributed by atoms with Crippen molar-refractivity contribution in [2.24, 2.45) is 46.3 Å². The highest BCUT2D eigenvalue weighted by molar-refractivity contribution is 5.83. The summed E-state index contributed by atoms with van der Waals surface area (Å²) in [7, 11) is 0. The zero-order chi connectivity index (χ0) is 24.1. The van der Waals surface area contributed by atoms with Gasteiger partial charge in [0.25, 0.3) is 0 Å². The molecule has 0 bridgehead atoms. The number of aliphatic carboxylic acids is 1. The molecule has 0 spiro atoms. The minimum absolute atomic E-state index is 0.00600. The molecule has 4 saturated carbocycles. The number of aliphatic hydroxyl groups is 2. The van der Waals surface area contributed by atoms with Crippen LogP contribution in [0.1, 0.15) is 78.6 Å². The van der Waals surface area contributed by atoms with Crippen LogP contribution in [0.3, 0.4) is 0 Å². The number of carbonyl (C=O) groups is 3. The number of carboxylic acid groups (broad SMARTS) is 1. The maximum absolute atomic E-state index is 13.5. The summed E-state index contributed by atoms with van der Waals surface area (Å²) in [6.07, 6.45) is 5.63. The lowest BCUT2D eigenvalue weighted by Gasteiger charge is -2.61. The van der Waals surface area contributed by atoms with E-state index in [0.29, 0.717) is 31.5 Å². The normalized spacial score (nSPS) is 45.5. The Morgan fingerprint density at radius 2 is 1.85 bits per heavy atom. The van der Waals surface area contributed by atoms with E-state index in [9.17, 15) is 24.6 Å². The molecule has 0 aliphatic heterocycles. The third-order valence-corrected chi connectivity index (χ3v) is 10.6. The molecule has 0 aromatic heterocycles. The van der Waals surface area contributed by atoms with Crippen LogP contribution in [-0.4, -0.2) is 51.7 Å². The number of hydrogen-bond donors (Lipinski definition) is 4. The Balaban J connectivity index is 1.49. The number of rotatable bonds is 6. The number of nitrogens with one attached hydrogen (secondary N) is 1. The summed E-state index contributed by atoms with van der Waals surface area (Å²) in [5.74, 6) is 0.0128. The molecule has 4 rings (SSSR count). The van der Waals surface area contributed by atoms with Crippen LogP contribution >= 0.6 is 0 Å². The van der Waals surface area contributed by atoms with E-state index in [-0.39, 0.29) is 71.3 Å². The lowest BCUT2D eigenvalue weighted by Crippen LogP contribution is -2.61. The van der Waals surface area contributed by atoms with E-state index in [2.05, 4.69) is 26.1 Å². The van der Waals surface area contributed by atoms with Gasteiger partial charge in [-0.3, -0.25) is 14.4 Å². The average molecular weight is 464 g/mol. The van der Waals surface area contributed by atoms with Crippen molar-refractivity contribution in [3.8, 4) is 0 Å². The van der Waals surface area contributed by atoms with Crippen molar-refractivity contribution in [3.63, 3.8) is 0 Å². The molecule has 7 nitrogen and oxygen atoms in total. The molecule has 0 radical (unpaired) electrons. The van der Waals surface area contributed by atoms with E-state index in [1.807, 2.05) is 0 Å². The molecule has 33 heavy (non-hydrogen) atoms. The quantitative estimate of drug-likeness (QED) is 0.480. The molecule has 4 aliphatic carbocycles. The van der Waals surface area contributed by atoms with Gasteiger partial charge in [-0.25, -0.2) is 0 Å². The fourth-order valence-corrected chi connectivity index (χ4v) is 8.67. The van der Waals surface area contributed by atoms with Crippen molar-refractivity contribution in [3.05, 3.63) is 0 Å². The van der Waals surface area contributed by atoms with Gasteiger partial charge in [-0.1, -0.05) is 20.8 Å². The fraction of sp³-hybridized carbons (Fsp3) is 0.885. The summed E-state index contributed by atoms with van der Waals surface area (Å²) in [6.45, 7) is 6.23. The van der Waals surface area contributed by atoms with Crippen molar-refractivity contribution in [1.29, 1.82) is 0 Å². The standard InChI is InChI=1S/C26H41NO6/c1-14(4-7-22(31)27-13-23(32)33)17-5-6-18-24-19(12-21(30)26(17,18)3)25(2)9-8-16(28)10-15(25)11-20(24)29/h14-19,21,24,28,30H,4-13H2,1-3H3,(H,27,31)(H,32,33)/t14-,15+,16-,17-,18+,19+,21+,24+,25+,26-/m1/s1. The third kappa shape index (κ3) is 4.13. The molecule has 0 unspecified atom stereocenters. The number of carbonyl (C=O) groups excluding carboxylic acids is 2. The molecule has 0 heterocycles. The molecule has 4 fully saturated rings. The number of amides is 1. The smallest absolute Gasteiger partial charge is 0.322 e. The topological polar surface area (TPSA) is 124 Å². The van der Waals surface area contributed by atoms with Gasteiger partial charge in [-0.2, -0.15) is 0 Å². The van der Waals surface area contributed by atoms with Gasteiger partial charge in [-0.15, -0.1) is 0 Å². The molecule has 1 amide bonds. The Kier molecular flexibility index (Phi) is 6.69. The predicted octanol–water partition coefficient (Wildman–Crippen LogP) is 2.77. The van der Waals surface area contributed by atoms with Crippen molar-refractivity contribution in [2.75, 3.05) is 6.54 Å². The van der Waals surface area contributed by atoms with Gasteiger partial charge in [0.05, 0.1) is 12.2 Å². The lowest BCUT2D eigenvalue weighted by atomic mass is 9.43. The van der Waals surface area contributed by atoms with Gasteiger partial charge in [0.2, 0.25) is 5.91 Å². The second-order valence-electron chi connectivity index (χ2n) is 12.0. The van der Waals surface area contributed by atoms with Crippen LogP contribution in [0.4, 0.5) is 0 Å². The minimum atomic E-state index is -1.05. The second-order valence-corrected chi connectivity index (χ2v) is 12.0. The van der Waals surface area contributed by atoms with Gasteiger partial charge in [0.15, 0.2) is 0 Å². The van der Waals surface area contributed by atoms with Crippen molar-refractivity contribution in [2.45, 2.75) is 90.8 Å². The summed E-state index contributed by atoms with van der Waals surface area (Å²) >= 11 is 0. The van der Waals surface area contributed by atoms with Crippen molar-refractivity contribution >= 4 is 17.7 Å². The number of ketones is 1. The molecule has 4 N–H and O–H groups in total. The summed E-state index contributed by atoms with van der Waals surface area (Å²) in [5, 5.41) is 32.9. The van der Waals surface area contributed by atoms with E-state index in [1.54, 1.807) is 0 Å². The van der Waals surface area contributed by atoms with Gasteiger partial charge < -0.3 is 20.6 Å². The van der Waals surface area contributed by atoms with E-state index in [0.717, 1.165) is 25.7 Å². The van der Waals surface area contributed by atoms with Crippen molar-refractivity contribution < 1.29 is 29.7 Å². The molecule has 4 aliphatic rings. The zero-order valence-corrected chi connectivity index (χ0v) is 20.3. The monoisotopic (exact) mass is 463 g/mol. The average Bonchev–Trinajstić information content (AvgIpc) is 3.11. The Morgan fingerprint density at radius 3 is 2.55 bits per heavy atom. The molecule has 0 aromatic carbocycles. The Labute approximate surface area is 196 Å². The molecule has 10 atom stereocenters. The second kappa shape index (κ2) is 8.95. The summed E-state index contributed by atoms with van der Waals surface area (Å²) in [4.78, 5) is 36.2. The van der Waals surface area contributed by atoms with Crippen LogP contribution in [0.5, 0.6) is 0 Å². The molecular weight excluding hydrogens is 422 g/mol. The first kappa shape index (κ1) is 24.6. The van der Waals surface area contributed by atoms with Crippen LogP contribution < -0.4 is 5.32 Å². The van der Waals surface area contributed by atoms with E-state index in [4.69, 9.17) is 5.11 Å². The van der Waals surface area contributed by atoms with E-state index in [1.165, 1.54) is 0 Å². The van der Waals surface area contributed by atoms with Crippen LogP contribution in [0.2, 0.25) is 0 Å². The van der Waals surface area contributed by atoms with Crippen LogP contribution in [0, 0.1) is 46.3 Å². The van der Waals surface area contributed by atoms with E-state index < -0.39 is 12.1 Å². The molecule has 0 aromatic rings. The predicted molar refractivity (Wildman–Crippen MR) is 122 cm³/mol. The minimum Gasteiger partial charge on any atom is -0.480 e. The third-order valence-electron chi connectivity index (χ3n) is 10.6. The Bertz CT molecular complexity index is 800. The van der Waals surface area contributed by atoms with Gasteiger partial charge in [0, 0.05) is 24.2 Å². The number of aliphatic hydroxyl groups excluding tert-OH is 2. The van der Waals surface area contributed by atoms with Crippen LogP contribution in [-0.2, 0) is 14.4 Å². The summed E-state index contributed by atoms with van der Waals surface area (Å²) < 4.78 is 0. The lowest BCUT2D eigenvalue weighted by molar-refractivity contribution is -0.182. The summed E-state index contributed by atoms with van der Waals surface area (Å²) in [5.41, 5.74) is -0.336. The maximum atomic E-state index is 13.5. The SMILES string of the molecule is C[C@H](CCC(=O)NCC(=O)O)[C@H]1CC[C@H]2[C@@H]3C(=O)C[C@@H]4C[C@H](O)CC[C@]4(C)[C@H]3C[C@H](O)[C@]12C. The number of hydrogen-bond acceptors (Lipinski definition) is 5. The first-order valence-electron chi connectivity index (χ1n) is 12.9. The largest absolute Gasteiger partial charge is 0.480 e. The van der Waals surface area contributed by atoms with Gasteiger partial charge in [-0.05, 0) is 80.0 Å². The van der Waals surface area contributed by atoms with Crippen LogP contribution in [0.15, 0.2) is 0 Å². The first-order chi connectivity index (χ1) is 15.5. The van der Waals surface area contributed by atoms with Gasteiger partial charge >= 0.3 is 5.97 Å². The number of carboxylic acids is 1. The van der Waals surface area contributed by atoms with Crippen molar-refractivity contribution in [1.82, 2.24) is 5.32 Å². The zero-order valence-electron chi connectivity index (χ0n) is 20.3. The number of Topliss-reactive ketones (excluding diaryl/α,β-unsaturated/α-hetero) is 1. The Morgan fingerprint density at radius 1 is 1.12 bits per heavy atom.